The number of guanidine groups is 1. The quantitative estimate of drug-likeness (QED) is 0.462. The lowest BCUT2D eigenvalue weighted by Gasteiger charge is -2.28. The van der Waals surface area contributed by atoms with Gasteiger partial charge in [-0.05, 0) is 31.6 Å². The third-order valence-corrected chi connectivity index (χ3v) is 3.76. The third kappa shape index (κ3) is 5.49. The molecule has 5 nitrogen and oxygen atoms in total. The lowest BCUT2D eigenvalue weighted by Crippen LogP contribution is -2.46. The molecule has 0 saturated heterocycles. The Hall–Kier alpha value is -1.26. The smallest absolute Gasteiger partial charge is 0.310 e. The molecular weight excluding hydrogens is 242 g/mol. The Morgan fingerprint density at radius 1 is 1.37 bits per heavy atom. The molecule has 1 saturated carbocycles. The van der Waals surface area contributed by atoms with Crippen molar-refractivity contribution in [1.82, 2.24) is 10.6 Å². The minimum atomic E-state index is -0.200. The highest BCUT2D eigenvalue weighted by molar-refractivity contribution is 5.81. The van der Waals surface area contributed by atoms with E-state index >= 15 is 0 Å². The van der Waals surface area contributed by atoms with Gasteiger partial charge < -0.3 is 15.4 Å². The number of hydrogen-bond acceptors (Lipinski definition) is 3. The van der Waals surface area contributed by atoms with Crippen molar-refractivity contribution in [3.8, 4) is 0 Å². The number of hydrogen-bond donors (Lipinski definition) is 2. The normalized spacial score (nSPS) is 25.6. The summed E-state index contributed by atoms with van der Waals surface area (Å²) in [7, 11) is 3.17. The molecule has 0 aromatic carbocycles. The van der Waals surface area contributed by atoms with Crippen LogP contribution >= 0.6 is 0 Å². The number of nitrogens with zero attached hydrogens (tertiary/aromatic N) is 1. The maximum atomic E-state index is 11.3. The van der Waals surface area contributed by atoms with Gasteiger partial charge in [0, 0.05) is 19.6 Å². The van der Waals surface area contributed by atoms with Crippen LogP contribution in [0.3, 0.4) is 0 Å². The molecule has 1 aliphatic rings. The van der Waals surface area contributed by atoms with E-state index in [2.05, 4.69) is 22.5 Å². The molecule has 1 fully saturated rings. The first-order valence-electron chi connectivity index (χ1n) is 7.11. The molecule has 0 aliphatic heterocycles. The van der Waals surface area contributed by atoms with E-state index in [9.17, 15) is 4.79 Å². The van der Waals surface area contributed by atoms with Crippen LogP contribution in [0.15, 0.2) is 4.99 Å². The van der Waals surface area contributed by atoms with E-state index in [1.165, 1.54) is 32.8 Å². The van der Waals surface area contributed by atoms with Crippen molar-refractivity contribution < 1.29 is 9.53 Å². The monoisotopic (exact) mass is 269 g/mol. The molecule has 1 atom stereocenters. The van der Waals surface area contributed by atoms with Gasteiger partial charge in [-0.1, -0.05) is 13.8 Å². The zero-order valence-corrected chi connectivity index (χ0v) is 12.5. The molecule has 110 valence electrons. The zero-order chi connectivity index (χ0) is 14.3. The zero-order valence-electron chi connectivity index (χ0n) is 12.5. The second-order valence-electron chi connectivity index (χ2n) is 5.48. The molecule has 0 amide bonds. The average Bonchev–Trinajstić information content (AvgIpc) is 2.44. The maximum absolute atomic E-state index is 11.3. The van der Waals surface area contributed by atoms with E-state index in [1.54, 1.807) is 7.05 Å². The van der Waals surface area contributed by atoms with Crippen molar-refractivity contribution in [2.24, 2.45) is 16.8 Å². The van der Waals surface area contributed by atoms with Gasteiger partial charge in [-0.3, -0.25) is 9.79 Å². The number of esters is 1. The molecule has 0 bridgehead atoms. The lowest BCUT2D eigenvalue weighted by atomic mass is 9.87. The van der Waals surface area contributed by atoms with Crippen LogP contribution in [0.2, 0.25) is 0 Å². The van der Waals surface area contributed by atoms with Crippen molar-refractivity contribution in [2.45, 2.75) is 45.6 Å². The van der Waals surface area contributed by atoms with Gasteiger partial charge in [0.25, 0.3) is 0 Å². The molecule has 5 heteroatoms. The molecule has 1 aliphatic carbocycles. The Morgan fingerprint density at radius 3 is 2.53 bits per heavy atom. The largest absolute Gasteiger partial charge is 0.469 e. The second-order valence-corrected chi connectivity index (χ2v) is 5.48. The number of carbonyl (C=O) groups is 1. The number of ether oxygens (including phenoxy) is 1. The van der Waals surface area contributed by atoms with E-state index in [0.717, 1.165) is 11.9 Å². The minimum Gasteiger partial charge on any atom is -0.469 e. The Morgan fingerprint density at radius 2 is 2.00 bits per heavy atom. The van der Waals surface area contributed by atoms with Crippen LogP contribution in [0, 0.1) is 11.8 Å². The number of methoxy groups -OCH3 is 1. The van der Waals surface area contributed by atoms with E-state index in [0.29, 0.717) is 12.6 Å². The van der Waals surface area contributed by atoms with E-state index in [4.69, 9.17) is 4.74 Å². The maximum Gasteiger partial charge on any atom is 0.310 e. The van der Waals surface area contributed by atoms with Crippen LogP contribution in [0.5, 0.6) is 0 Å². The van der Waals surface area contributed by atoms with Crippen LogP contribution in [0.25, 0.3) is 0 Å². The first-order valence-corrected chi connectivity index (χ1v) is 7.11. The fourth-order valence-electron chi connectivity index (χ4n) is 2.33. The van der Waals surface area contributed by atoms with E-state index in [-0.39, 0.29) is 11.9 Å². The van der Waals surface area contributed by atoms with Gasteiger partial charge in [-0.2, -0.15) is 0 Å². The topological polar surface area (TPSA) is 62.7 Å². The van der Waals surface area contributed by atoms with E-state index in [1.807, 2.05) is 6.92 Å². The molecule has 1 unspecified atom stereocenters. The molecule has 2 N–H and O–H groups in total. The standard InChI is InChI=1S/C14H27N3O2/c1-10-5-7-12(8-6-10)17-14(15-3)16-9-11(2)13(18)19-4/h10-12H,5-9H2,1-4H3,(H2,15,16,17). The molecule has 0 spiro atoms. The van der Waals surface area contributed by atoms with Crippen LogP contribution in [-0.4, -0.2) is 38.7 Å². The van der Waals surface area contributed by atoms with Crippen LogP contribution < -0.4 is 10.6 Å². The van der Waals surface area contributed by atoms with Crippen LogP contribution in [0.1, 0.15) is 39.5 Å². The molecule has 0 aromatic rings. The number of rotatable bonds is 4. The van der Waals surface area contributed by atoms with Crippen molar-refractivity contribution in [3.63, 3.8) is 0 Å². The summed E-state index contributed by atoms with van der Waals surface area (Å²) in [5.74, 6) is 1.24. The van der Waals surface area contributed by atoms with Gasteiger partial charge in [-0.15, -0.1) is 0 Å². The fraction of sp³-hybridized carbons (Fsp3) is 0.857. The van der Waals surface area contributed by atoms with Crippen molar-refractivity contribution in [2.75, 3.05) is 20.7 Å². The highest BCUT2D eigenvalue weighted by atomic mass is 16.5. The minimum absolute atomic E-state index is 0.171. The summed E-state index contributed by atoms with van der Waals surface area (Å²) in [6.45, 7) is 4.69. The van der Waals surface area contributed by atoms with E-state index < -0.39 is 0 Å². The molecule has 0 heterocycles. The highest BCUT2D eigenvalue weighted by Crippen LogP contribution is 2.23. The SMILES string of the molecule is CN=C(NCC(C)C(=O)OC)NC1CCC(C)CC1. The average molecular weight is 269 g/mol. The van der Waals surface area contributed by atoms with Gasteiger partial charge in [0.2, 0.25) is 0 Å². The van der Waals surface area contributed by atoms with Gasteiger partial charge in [0.05, 0.1) is 13.0 Å². The van der Waals surface area contributed by atoms with Crippen molar-refractivity contribution >= 4 is 11.9 Å². The predicted octanol–water partition coefficient (Wildman–Crippen LogP) is 1.54. The molecule has 0 aromatic heterocycles. The number of nitrogens with one attached hydrogen (secondary N) is 2. The van der Waals surface area contributed by atoms with Crippen molar-refractivity contribution in [1.29, 1.82) is 0 Å². The lowest BCUT2D eigenvalue weighted by molar-refractivity contribution is -0.144. The summed E-state index contributed by atoms with van der Waals surface area (Å²) >= 11 is 0. The number of carbonyl (C=O) groups excluding carboxylic acids is 1. The van der Waals surface area contributed by atoms with Crippen molar-refractivity contribution in [3.05, 3.63) is 0 Å². The highest BCUT2D eigenvalue weighted by Gasteiger charge is 2.19. The first-order chi connectivity index (χ1) is 9.06. The molecular formula is C14H27N3O2. The summed E-state index contributed by atoms with van der Waals surface area (Å²) in [6.07, 6.45) is 4.92. The Bertz CT molecular complexity index is 310. The van der Waals surface area contributed by atoms with Gasteiger partial charge in [0.1, 0.15) is 0 Å². The van der Waals surface area contributed by atoms with Gasteiger partial charge >= 0.3 is 5.97 Å². The Labute approximate surface area is 116 Å². The summed E-state index contributed by atoms with van der Waals surface area (Å²) in [6, 6.07) is 0.496. The first kappa shape index (κ1) is 15.8. The summed E-state index contributed by atoms with van der Waals surface area (Å²) in [5, 5.41) is 6.61. The summed E-state index contributed by atoms with van der Waals surface area (Å²) in [5.41, 5.74) is 0. The summed E-state index contributed by atoms with van der Waals surface area (Å²) in [4.78, 5) is 15.5. The van der Waals surface area contributed by atoms with Gasteiger partial charge in [-0.25, -0.2) is 0 Å². The van der Waals surface area contributed by atoms with Gasteiger partial charge in [0.15, 0.2) is 5.96 Å². The molecule has 0 radical (unpaired) electrons. The Kier molecular flexibility index (Phi) is 6.67. The van der Waals surface area contributed by atoms with Crippen LogP contribution in [-0.2, 0) is 9.53 Å². The van der Waals surface area contributed by atoms with Crippen LogP contribution in [0.4, 0.5) is 0 Å². The fourth-order valence-corrected chi connectivity index (χ4v) is 2.33. The third-order valence-electron chi connectivity index (χ3n) is 3.76. The molecule has 19 heavy (non-hydrogen) atoms. The molecule has 1 rings (SSSR count). The predicted molar refractivity (Wildman–Crippen MR) is 77.1 cm³/mol. The summed E-state index contributed by atoms with van der Waals surface area (Å²) < 4.78 is 4.70. The second kappa shape index (κ2) is 8.02. The number of aliphatic imine (C=N–C) groups is 1. The Balaban J connectivity index is 2.32.